The van der Waals surface area contributed by atoms with Gasteiger partial charge in [0.15, 0.2) is 5.96 Å². The minimum Gasteiger partial charge on any atom is -0.357 e. The maximum atomic E-state index is 11.7. The molecule has 2 atom stereocenters. The Bertz CT molecular complexity index is 494. The van der Waals surface area contributed by atoms with Crippen LogP contribution in [0.1, 0.15) is 46.0 Å². The third-order valence-electron chi connectivity index (χ3n) is 5.91. The van der Waals surface area contributed by atoms with Crippen LogP contribution in [0.15, 0.2) is 4.99 Å². The van der Waals surface area contributed by atoms with Crippen LogP contribution in [0.25, 0.3) is 0 Å². The number of piperidine rings is 2. The first-order valence-electron chi connectivity index (χ1n) is 10.1. The van der Waals surface area contributed by atoms with Gasteiger partial charge in [0.05, 0.1) is 6.54 Å². The second-order valence-corrected chi connectivity index (χ2v) is 8.26. The van der Waals surface area contributed by atoms with Crippen molar-refractivity contribution >= 4 is 11.9 Å². The van der Waals surface area contributed by atoms with Gasteiger partial charge >= 0.3 is 0 Å². The van der Waals surface area contributed by atoms with E-state index in [0.29, 0.717) is 6.42 Å². The molecule has 0 radical (unpaired) electrons. The topological polar surface area (TPSA) is 60.0 Å². The number of carbonyl (C=O) groups is 1. The summed E-state index contributed by atoms with van der Waals surface area (Å²) in [6.45, 7) is 12.5. The summed E-state index contributed by atoms with van der Waals surface area (Å²) in [5, 5.41) is 6.50. The molecule has 142 valence electrons. The van der Waals surface area contributed by atoms with Gasteiger partial charge in [-0.2, -0.15) is 0 Å². The maximum Gasteiger partial charge on any atom is 0.220 e. The summed E-state index contributed by atoms with van der Waals surface area (Å²) in [5.41, 5.74) is 0.119. The lowest BCUT2D eigenvalue weighted by molar-refractivity contribution is -0.119. The molecular weight excluding hydrogens is 314 g/mol. The molecule has 0 bridgehead atoms. The molecule has 6 nitrogen and oxygen atoms in total. The van der Waals surface area contributed by atoms with Crippen LogP contribution < -0.4 is 10.6 Å². The van der Waals surface area contributed by atoms with Crippen LogP contribution in [-0.4, -0.2) is 74.0 Å². The van der Waals surface area contributed by atoms with Crippen molar-refractivity contribution in [3.63, 3.8) is 0 Å². The highest BCUT2D eigenvalue weighted by atomic mass is 16.1. The van der Waals surface area contributed by atoms with E-state index in [9.17, 15) is 4.79 Å². The van der Waals surface area contributed by atoms with E-state index in [1.807, 2.05) is 0 Å². The second-order valence-electron chi connectivity index (χ2n) is 8.26. The third kappa shape index (κ3) is 4.87. The van der Waals surface area contributed by atoms with Crippen molar-refractivity contribution in [1.82, 2.24) is 20.4 Å². The van der Waals surface area contributed by atoms with E-state index in [1.54, 1.807) is 0 Å². The van der Waals surface area contributed by atoms with Crippen molar-refractivity contribution in [2.24, 2.45) is 16.3 Å². The van der Waals surface area contributed by atoms with Gasteiger partial charge in [-0.25, -0.2) is 0 Å². The van der Waals surface area contributed by atoms with E-state index in [0.717, 1.165) is 64.0 Å². The SMILES string of the molecule is CCNC(=NCCN1CCCC(C)C1)N1CCCC2(CNC(=O)C2)C1. The molecule has 0 aromatic carbocycles. The zero-order valence-electron chi connectivity index (χ0n) is 16.0. The van der Waals surface area contributed by atoms with Gasteiger partial charge in [-0.1, -0.05) is 6.92 Å². The van der Waals surface area contributed by atoms with Crippen LogP contribution in [0, 0.1) is 11.3 Å². The number of nitrogens with zero attached hydrogens (tertiary/aromatic N) is 3. The first-order chi connectivity index (χ1) is 12.1. The van der Waals surface area contributed by atoms with Gasteiger partial charge in [0.2, 0.25) is 5.91 Å². The highest BCUT2D eigenvalue weighted by Crippen LogP contribution is 2.35. The molecule has 1 amide bonds. The molecule has 3 rings (SSSR count). The van der Waals surface area contributed by atoms with Crippen LogP contribution >= 0.6 is 0 Å². The Morgan fingerprint density at radius 2 is 2.28 bits per heavy atom. The summed E-state index contributed by atoms with van der Waals surface area (Å²) < 4.78 is 0. The van der Waals surface area contributed by atoms with Crippen LogP contribution in [-0.2, 0) is 4.79 Å². The highest BCUT2D eigenvalue weighted by Gasteiger charge is 2.42. The average Bonchev–Trinajstić information content (AvgIpc) is 2.94. The molecule has 0 aromatic heterocycles. The first-order valence-corrected chi connectivity index (χ1v) is 10.1. The van der Waals surface area contributed by atoms with E-state index < -0.39 is 0 Å². The van der Waals surface area contributed by atoms with Crippen LogP contribution in [0.4, 0.5) is 0 Å². The van der Waals surface area contributed by atoms with E-state index in [-0.39, 0.29) is 11.3 Å². The Morgan fingerprint density at radius 1 is 1.40 bits per heavy atom. The Labute approximate surface area is 152 Å². The summed E-state index contributed by atoms with van der Waals surface area (Å²) in [7, 11) is 0. The normalized spacial score (nSPS) is 31.4. The van der Waals surface area contributed by atoms with E-state index in [4.69, 9.17) is 4.99 Å². The minimum absolute atomic E-state index is 0.119. The fourth-order valence-electron chi connectivity index (χ4n) is 4.64. The third-order valence-corrected chi connectivity index (χ3v) is 5.91. The lowest BCUT2D eigenvalue weighted by atomic mass is 9.79. The van der Waals surface area contributed by atoms with Gasteiger partial charge in [0, 0.05) is 51.1 Å². The number of hydrogen-bond donors (Lipinski definition) is 2. The fourth-order valence-corrected chi connectivity index (χ4v) is 4.64. The average molecular weight is 350 g/mol. The molecule has 3 aliphatic rings. The number of hydrogen-bond acceptors (Lipinski definition) is 3. The van der Waals surface area contributed by atoms with Crippen molar-refractivity contribution in [3.8, 4) is 0 Å². The number of amides is 1. The number of guanidine groups is 1. The zero-order chi connectivity index (χ0) is 17.7. The molecule has 0 aromatic rings. The molecule has 6 heteroatoms. The molecular formula is C19H35N5O. The fraction of sp³-hybridized carbons (Fsp3) is 0.895. The molecule has 25 heavy (non-hydrogen) atoms. The summed E-state index contributed by atoms with van der Waals surface area (Å²) in [6.07, 6.45) is 5.65. The summed E-state index contributed by atoms with van der Waals surface area (Å²) in [5.74, 6) is 2.06. The first kappa shape index (κ1) is 18.5. The van der Waals surface area contributed by atoms with Gasteiger partial charge in [-0.15, -0.1) is 0 Å². The summed E-state index contributed by atoms with van der Waals surface area (Å²) >= 11 is 0. The standard InChI is InChI=1S/C19H35N5O/c1-3-20-18(21-8-11-23-9-4-6-16(2)13-23)24-10-5-7-19(15-24)12-17(25)22-14-19/h16H,3-15H2,1-2H3,(H,20,21)(H,22,25). The molecule has 3 aliphatic heterocycles. The van der Waals surface area contributed by atoms with Crippen molar-refractivity contribution < 1.29 is 4.79 Å². The number of aliphatic imine (C=N–C) groups is 1. The van der Waals surface area contributed by atoms with E-state index in [1.165, 1.54) is 25.9 Å². The van der Waals surface area contributed by atoms with Gasteiger partial charge < -0.3 is 20.4 Å². The monoisotopic (exact) mass is 349 g/mol. The van der Waals surface area contributed by atoms with E-state index in [2.05, 4.69) is 34.3 Å². The molecule has 0 saturated carbocycles. The van der Waals surface area contributed by atoms with Crippen molar-refractivity contribution in [1.29, 1.82) is 0 Å². The smallest absolute Gasteiger partial charge is 0.220 e. The Morgan fingerprint density at radius 3 is 3.00 bits per heavy atom. The van der Waals surface area contributed by atoms with Crippen LogP contribution in [0.5, 0.6) is 0 Å². The Kier molecular flexibility index (Phi) is 6.20. The van der Waals surface area contributed by atoms with Crippen molar-refractivity contribution in [3.05, 3.63) is 0 Å². The number of rotatable bonds is 4. The number of carbonyl (C=O) groups excluding carboxylic acids is 1. The van der Waals surface area contributed by atoms with Crippen molar-refractivity contribution in [2.45, 2.75) is 46.0 Å². The molecule has 3 saturated heterocycles. The Hall–Kier alpha value is -1.30. The molecule has 2 N–H and O–H groups in total. The minimum atomic E-state index is 0.119. The predicted molar refractivity (Wildman–Crippen MR) is 102 cm³/mol. The summed E-state index contributed by atoms with van der Waals surface area (Å²) in [6, 6.07) is 0. The lowest BCUT2D eigenvalue weighted by Crippen LogP contribution is -2.51. The zero-order valence-corrected chi connectivity index (χ0v) is 16.0. The molecule has 0 aliphatic carbocycles. The Balaban J connectivity index is 1.56. The quantitative estimate of drug-likeness (QED) is 0.593. The maximum absolute atomic E-state index is 11.7. The predicted octanol–water partition coefficient (Wildman–Crippen LogP) is 1.29. The number of likely N-dealkylation sites (tertiary alicyclic amines) is 2. The van der Waals surface area contributed by atoms with Crippen LogP contribution in [0.2, 0.25) is 0 Å². The summed E-state index contributed by atoms with van der Waals surface area (Å²) in [4.78, 5) is 21.6. The lowest BCUT2D eigenvalue weighted by Gasteiger charge is -2.41. The number of nitrogens with one attached hydrogen (secondary N) is 2. The second kappa shape index (κ2) is 8.39. The highest BCUT2D eigenvalue weighted by molar-refractivity contribution is 5.81. The molecule has 3 heterocycles. The van der Waals surface area contributed by atoms with E-state index >= 15 is 0 Å². The molecule has 3 fully saturated rings. The van der Waals surface area contributed by atoms with Gasteiger partial charge in [-0.3, -0.25) is 9.79 Å². The van der Waals surface area contributed by atoms with Crippen molar-refractivity contribution in [2.75, 3.05) is 52.4 Å². The van der Waals surface area contributed by atoms with Gasteiger partial charge in [0.1, 0.15) is 0 Å². The largest absolute Gasteiger partial charge is 0.357 e. The van der Waals surface area contributed by atoms with Crippen LogP contribution in [0.3, 0.4) is 0 Å². The van der Waals surface area contributed by atoms with Gasteiger partial charge in [0.25, 0.3) is 0 Å². The molecule has 2 unspecified atom stereocenters. The molecule has 1 spiro atoms. The van der Waals surface area contributed by atoms with Gasteiger partial charge in [-0.05, 0) is 45.1 Å².